The second kappa shape index (κ2) is 9.12. The Balaban J connectivity index is 1.51. The molecule has 6 heteroatoms. The van der Waals surface area contributed by atoms with Crippen LogP contribution >= 0.6 is 0 Å². The van der Waals surface area contributed by atoms with Crippen molar-refractivity contribution in [3.63, 3.8) is 0 Å². The van der Waals surface area contributed by atoms with Gasteiger partial charge in [-0.1, -0.05) is 57.7 Å². The van der Waals surface area contributed by atoms with E-state index in [1.165, 1.54) is 0 Å². The molecule has 38 heavy (non-hydrogen) atoms. The zero-order valence-corrected chi connectivity index (χ0v) is 22.3. The first kappa shape index (κ1) is 24.9. The molecule has 3 aliphatic rings. The number of para-hydroxylation sites is 1. The molecule has 2 fully saturated rings. The van der Waals surface area contributed by atoms with Crippen LogP contribution in [0.1, 0.15) is 55.4 Å². The van der Waals surface area contributed by atoms with Gasteiger partial charge in [-0.25, -0.2) is 0 Å². The van der Waals surface area contributed by atoms with Gasteiger partial charge in [0.25, 0.3) is 0 Å². The van der Waals surface area contributed by atoms with E-state index in [2.05, 4.69) is 53.9 Å². The molecule has 6 rings (SSSR count). The van der Waals surface area contributed by atoms with E-state index >= 15 is 0 Å². The van der Waals surface area contributed by atoms with E-state index in [4.69, 9.17) is 0 Å². The van der Waals surface area contributed by atoms with Crippen LogP contribution in [-0.2, 0) is 16.6 Å². The summed E-state index contributed by atoms with van der Waals surface area (Å²) in [7, 11) is 0. The van der Waals surface area contributed by atoms with E-state index in [9.17, 15) is 14.7 Å². The number of aromatic amines is 2. The first-order valence-electron chi connectivity index (χ1n) is 13.9. The summed E-state index contributed by atoms with van der Waals surface area (Å²) in [4.78, 5) is 34.4. The van der Waals surface area contributed by atoms with Crippen LogP contribution in [0.25, 0.3) is 10.9 Å². The van der Waals surface area contributed by atoms with Crippen LogP contribution in [0.2, 0.25) is 0 Å². The molecule has 1 saturated carbocycles. The Bertz CT molecular complexity index is 1450. The van der Waals surface area contributed by atoms with E-state index in [0.29, 0.717) is 23.7 Å². The number of aliphatic hydroxyl groups excluding tert-OH is 1. The summed E-state index contributed by atoms with van der Waals surface area (Å²) in [6.45, 7) is 10.5. The maximum Gasteiger partial charge on any atom is 0.233 e. The van der Waals surface area contributed by atoms with Crippen LogP contribution in [0.15, 0.2) is 66.9 Å². The molecule has 0 radical (unpaired) electrons. The Morgan fingerprint density at radius 1 is 1.11 bits per heavy atom. The third-order valence-electron chi connectivity index (χ3n) is 9.62. The summed E-state index contributed by atoms with van der Waals surface area (Å²) in [5.41, 5.74) is 3.18. The van der Waals surface area contributed by atoms with Gasteiger partial charge in [-0.05, 0) is 60.4 Å². The number of hydrogen-bond acceptors (Lipinski definition) is 3. The Morgan fingerprint density at radius 2 is 1.89 bits per heavy atom. The van der Waals surface area contributed by atoms with Crippen LogP contribution in [-0.4, -0.2) is 38.9 Å². The summed E-state index contributed by atoms with van der Waals surface area (Å²) in [6, 6.07) is 11.8. The van der Waals surface area contributed by atoms with Gasteiger partial charge in [-0.15, -0.1) is 0 Å². The average Bonchev–Trinajstić information content (AvgIpc) is 3.61. The minimum Gasteiger partial charge on any atom is -0.388 e. The normalized spacial score (nSPS) is 36.2. The summed E-state index contributed by atoms with van der Waals surface area (Å²) in [5.74, 6) is -0.601. The second-order valence-electron chi connectivity index (χ2n) is 11.9. The number of carbonyl (C=O) groups is 2. The molecule has 3 aromatic rings. The van der Waals surface area contributed by atoms with Crippen molar-refractivity contribution < 1.29 is 14.7 Å². The van der Waals surface area contributed by atoms with Crippen molar-refractivity contribution in [2.45, 2.75) is 57.6 Å². The number of rotatable bonds is 2. The van der Waals surface area contributed by atoms with Crippen LogP contribution in [0, 0.1) is 29.6 Å². The molecule has 1 aliphatic carbocycles. The molecular formula is C32H37N3O3. The number of aliphatic hydroxyl groups is 1. The smallest absolute Gasteiger partial charge is 0.233 e. The molecule has 2 aromatic heterocycles. The van der Waals surface area contributed by atoms with Gasteiger partial charge in [-0.2, -0.15) is 0 Å². The van der Waals surface area contributed by atoms with Crippen LogP contribution < -0.4 is 5.32 Å². The highest BCUT2D eigenvalue weighted by Crippen LogP contribution is 2.57. The van der Waals surface area contributed by atoms with Crippen LogP contribution in [0.5, 0.6) is 0 Å². The third kappa shape index (κ3) is 3.57. The van der Waals surface area contributed by atoms with Crippen LogP contribution in [0.3, 0.4) is 0 Å². The monoisotopic (exact) mass is 511 g/mol. The molecule has 2 aliphatic heterocycles. The number of aromatic nitrogens is 2. The number of ketones is 1. The first-order chi connectivity index (χ1) is 18.2. The van der Waals surface area contributed by atoms with Crippen molar-refractivity contribution >= 4 is 22.6 Å². The zero-order valence-electron chi connectivity index (χ0n) is 22.3. The number of nitrogens with one attached hydrogen (secondary N) is 3. The number of hydrogen-bond donors (Lipinski definition) is 4. The topological polar surface area (TPSA) is 98.0 Å². The van der Waals surface area contributed by atoms with E-state index in [1.54, 1.807) is 0 Å². The second-order valence-corrected chi connectivity index (χ2v) is 11.9. The Hall–Kier alpha value is -3.38. The van der Waals surface area contributed by atoms with E-state index in [1.807, 2.05) is 43.5 Å². The maximum atomic E-state index is 14.3. The van der Waals surface area contributed by atoms with E-state index in [-0.39, 0.29) is 35.5 Å². The fourth-order valence-corrected chi connectivity index (χ4v) is 7.71. The van der Waals surface area contributed by atoms with Crippen LogP contribution in [0.4, 0.5) is 0 Å². The van der Waals surface area contributed by atoms with Gasteiger partial charge in [0.1, 0.15) is 5.41 Å². The predicted octanol–water partition coefficient (Wildman–Crippen LogP) is 5.08. The van der Waals surface area contributed by atoms with Crippen molar-refractivity contribution in [3.8, 4) is 0 Å². The molecule has 198 valence electrons. The summed E-state index contributed by atoms with van der Waals surface area (Å²) in [5, 5.41) is 16.1. The molecule has 1 spiro atoms. The number of fused-ring (bicyclic) bond motifs is 3. The predicted molar refractivity (Wildman–Crippen MR) is 149 cm³/mol. The summed E-state index contributed by atoms with van der Waals surface area (Å²) in [6.07, 6.45) is 7.55. The number of benzene rings is 1. The maximum absolute atomic E-state index is 14.3. The Labute approximate surface area is 223 Å². The van der Waals surface area contributed by atoms with Crippen molar-refractivity contribution in [1.82, 2.24) is 15.3 Å². The van der Waals surface area contributed by atoms with Crippen molar-refractivity contribution in [2.75, 3.05) is 0 Å². The molecule has 4 N–H and O–H groups in total. The highest BCUT2D eigenvalue weighted by atomic mass is 16.3. The number of carbonyl (C=O) groups excluding carboxylic acids is 2. The lowest BCUT2D eigenvalue weighted by molar-refractivity contribution is -0.129. The minimum atomic E-state index is -1.04. The molecule has 1 amide bonds. The first-order valence-corrected chi connectivity index (χ1v) is 13.9. The number of allylic oxidation sites excluding steroid dienone is 1. The molecule has 1 saturated heterocycles. The van der Waals surface area contributed by atoms with E-state index in [0.717, 1.165) is 34.9 Å². The van der Waals surface area contributed by atoms with Gasteiger partial charge in [0.05, 0.1) is 11.8 Å². The molecule has 6 nitrogen and oxygen atoms in total. The SMILES string of the molecule is C=C1[C@@H](C)[C@H]2[C@H](Cc3c[nH]c4ccccc34)NC(=O)[C@]23c2ccc([nH]2)C(=O)[C@@H](C)C[C@@H](C)C/C=C/[C@H]3[C@@H]1O. The lowest BCUT2D eigenvalue weighted by atomic mass is 9.52. The van der Waals surface area contributed by atoms with Gasteiger partial charge in [0.2, 0.25) is 5.91 Å². The Morgan fingerprint density at radius 3 is 2.71 bits per heavy atom. The molecule has 8 atom stereocenters. The summed E-state index contributed by atoms with van der Waals surface area (Å²) < 4.78 is 0. The van der Waals surface area contributed by atoms with Gasteiger partial charge >= 0.3 is 0 Å². The minimum absolute atomic E-state index is 0.0692. The highest BCUT2D eigenvalue weighted by Gasteiger charge is 2.66. The van der Waals surface area contributed by atoms with Crippen molar-refractivity contribution in [3.05, 3.63) is 83.9 Å². The number of amides is 1. The quantitative estimate of drug-likeness (QED) is 0.361. The lowest BCUT2D eigenvalue weighted by Crippen LogP contribution is -2.57. The average molecular weight is 512 g/mol. The zero-order chi connectivity index (χ0) is 26.8. The molecule has 2 bridgehead atoms. The molecular weight excluding hydrogens is 474 g/mol. The van der Waals surface area contributed by atoms with Gasteiger partial charge < -0.3 is 20.4 Å². The third-order valence-corrected chi connectivity index (χ3v) is 9.62. The fraction of sp³-hybridized carbons (Fsp3) is 0.438. The highest BCUT2D eigenvalue weighted by molar-refractivity contribution is 5.97. The molecule has 4 heterocycles. The van der Waals surface area contributed by atoms with Gasteiger partial charge in [0.15, 0.2) is 5.78 Å². The number of Topliss-reactive ketones (excluding diaryl/α,β-unsaturated/α-hetero) is 1. The standard InChI is InChI=1S/C32H37N3O3/c1-17-8-7-10-23-30(37)20(4)19(3)28-26(15-21-16-33-24-11-6-5-9-22(21)24)35-31(38)32(23,28)27-13-12-25(34-27)29(36)18(2)14-17/h5-7,9-13,16-19,23,26,28,30,33-34,37H,4,8,14-15H2,1-3H3,(H,35,38)/b10-7+/t17-,18-,19+,23-,26-,28-,30+,32+/m0/s1. The molecule has 0 unspecified atom stereocenters. The largest absolute Gasteiger partial charge is 0.388 e. The Kier molecular flexibility index (Phi) is 5.98. The lowest BCUT2D eigenvalue weighted by Gasteiger charge is -2.50. The molecule has 1 aromatic carbocycles. The van der Waals surface area contributed by atoms with Crippen molar-refractivity contribution in [1.29, 1.82) is 0 Å². The van der Waals surface area contributed by atoms with E-state index < -0.39 is 17.4 Å². The van der Waals surface area contributed by atoms with Crippen molar-refractivity contribution in [2.24, 2.45) is 29.6 Å². The number of H-pyrrole nitrogens is 2. The van der Waals surface area contributed by atoms with Gasteiger partial charge in [0, 0.05) is 46.6 Å². The summed E-state index contributed by atoms with van der Waals surface area (Å²) >= 11 is 0. The van der Waals surface area contributed by atoms with Gasteiger partial charge in [-0.3, -0.25) is 9.59 Å². The fourth-order valence-electron chi connectivity index (χ4n) is 7.71.